The van der Waals surface area contributed by atoms with E-state index in [1.165, 1.54) is 6.26 Å². The van der Waals surface area contributed by atoms with Gasteiger partial charge in [0.1, 0.15) is 0 Å². The summed E-state index contributed by atoms with van der Waals surface area (Å²) in [4.78, 5) is 11.8. The zero-order valence-electron chi connectivity index (χ0n) is 11.6. The first kappa shape index (κ1) is 14.1. The van der Waals surface area contributed by atoms with Gasteiger partial charge in [-0.25, -0.2) is 0 Å². The van der Waals surface area contributed by atoms with Gasteiger partial charge in [0.25, 0.3) is 5.91 Å². The zero-order valence-corrected chi connectivity index (χ0v) is 11.6. The molecule has 2 N–H and O–H groups in total. The predicted octanol–water partition coefficient (Wildman–Crippen LogP) is 1.58. The quantitative estimate of drug-likeness (QED) is 0.849. The first-order valence-electron chi connectivity index (χ1n) is 6.56. The lowest BCUT2D eigenvalue weighted by Crippen LogP contribution is -2.68. The number of hydrogen-bond acceptors (Lipinski definition) is 4. The van der Waals surface area contributed by atoms with Crippen molar-refractivity contribution < 1.29 is 19.1 Å². The molecule has 0 aromatic carbocycles. The summed E-state index contributed by atoms with van der Waals surface area (Å²) in [5, 5.41) is 13.3. The molecule has 0 bridgehead atoms. The van der Waals surface area contributed by atoms with E-state index >= 15 is 0 Å². The Morgan fingerprint density at radius 3 is 2.89 bits per heavy atom. The average molecular weight is 267 g/mol. The van der Waals surface area contributed by atoms with Crippen LogP contribution in [0.25, 0.3) is 0 Å². The summed E-state index contributed by atoms with van der Waals surface area (Å²) in [6, 6.07) is 3.25. The van der Waals surface area contributed by atoms with Gasteiger partial charge in [-0.3, -0.25) is 4.79 Å². The molecule has 19 heavy (non-hydrogen) atoms. The number of ether oxygens (including phenoxy) is 1. The number of aliphatic hydroxyl groups is 1. The third-order valence-electron chi connectivity index (χ3n) is 4.18. The molecule has 1 amide bonds. The molecule has 2 atom stereocenters. The van der Waals surface area contributed by atoms with E-state index in [4.69, 9.17) is 9.15 Å². The Hall–Kier alpha value is -1.33. The van der Waals surface area contributed by atoms with Gasteiger partial charge >= 0.3 is 0 Å². The van der Waals surface area contributed by atoms with Crippen molar-refractivity contribution in [3.63, 3.8) is 0 Å². The number of amides is 1. The van der Waals surface area contributed by atoms with Crippen molar-refractivity contribution in [1.82, 2.24) is 5.32 Å². The Bertz CT molecular complexity index is 440. The van der Waals surface area contributed by atoms with Crippen LogP contribution in [0.3, 0.4) is 0 Å². The SMILES string of the molecule is CCO[C@@H]1C[C@@](O)(CNC(=O)c2ccco2)C1(C)C. The Balaban J connectivity index is 1.91. The Labute approximate surface area is 112 Å². The van der Waals surface area contributed by atoms with Crippen molar-refractivity contribution in [2.75, 3.05) is 13.2 Å². The highest BCUT2D eigenvalue weighted by Gasteiger charge is 2.59. The minimum absolute atomic E-state index is 0.0306. The number of nitrogens with one attached hydrogen (secondary N) is 1. The second-order valence-electron chi connectivity index (χ2n) is 5.56. The molecule has 0 unspecified atom stereocenters. The van der Waals surface area contributed by atoms with Gasteiger partial charge in [0, 0.05) is 25.0 Å². The van der Waals surface area contributed by atoms with E-state index in [9.17, 15) is 9.90 Å². The molecule has 0 radical (unpaired) electrons. The summed E-state index contributed by atoms with van der Waals surface area (Å²) in [5.74, 6) is -0.0591. The largest absolute Gasteiger partial charge is 0.459 e. The van der Waals surface area contributed by atoms with E-state index in [1.54, 1.807) is 12.1 Å². The van der Waals surface area contributed by atoms with E-state index in [2.05, 4.69) is 5.32 Å². The van der Waals surface area contributed by atoms with Crippen LogP contribution in [0.2, 0.25) is 0 Å². The van der Waals surface area contributed by atoms with Crippen LogP contribution in [-0.2, 0) is 4.74 Å². The summed E-state index contributed by atoms with van der Waals surface area (Å²) in [5.41, 5.74) is -1.31. The van der Waals surface area contributed by atoms with Gasteiger partial charge in [-0.1, -0.05) is 13.8 Å². The van der Waals surface area contributed by atoms with Crippen LogP contribution in [0.4, 0.5) is 0 Å². The van der Waals surface area contributed by atoms with Gasteiger partial charge in [0.2, 0.25) is 0 Å². The molecule has 5 nitrogen and oxygen atoms in total. The van der Waals surface area contributed by atoms with E-state index < -0.39 is 5.60 Å². The number of carbonyl (C=O) groups excluding carboxylic acids is 1. The van der Waals surface area contributed by atoms with E-state index in [1.807, 2.05) is 20.8 Å². The molecule has 0 saturated heterocycles. The van der Waals surface area contributed by atoms with Crippen molar-refractivity contribution in [1.29, 1.82) is 0 Å². The van der Waals surface area contributed by atoms with E-state index in [-0.39, 0.29) is 29.7 Å². The molecule has 1 saturated carbocycles. The molecule has 106 valence electrons. The van der Waals surface area contributed by atoms with E-state index in [0.29, 0.717) is 13.0 Å². The zero-order chi connectivity index (χ0) is 14.1. The summed E-state index contributed by atoms with van der Waals surface area (Å²) in [7, 11) is 0. The second kappa shape index (κ2) is 4.98. The monoisotopic (exact) mass is 267 g/mol. The van der Waals surface area contributed by atoms with Gasteiger partial charge in [-0.05, 0) is 19.1 Å². The molecular weight excluding hydrogens is 246 g/mol. The average Bonchev–Trinajstić information content (AvgIpc) is 2.89. The molecular formula is C14H21NO4. The van der Waals surface area contributed by atoms with Crippen molar-refractivity contribution in [2.45, 2.75) is 38.9 Å². The topological polar surface area (TPSA) is 71.7 Å². The van der Waals surface area contributed by atoms with Crippen LogP contribution in [0, 0.1) is 5.41 Å². The minimum atomic E-state index is -0.935. The first-order valence-corrected chi connectivity index (χ1v) is 6.56. The fourth-order valence-electron chi connectivity index (χ4n) is 2.48. The number of rotatable bonds is 5. The van der Waals surface area contributed by atoms with Crippen molar-refractivity contribution in [2.24, 2.45) is 5.41 Å². The fraction of sp³-hybridized carbons (Fsp3) is 0.643. The molecule has 1 aromatic heterocycles. The van der Waals surface area contributed by atoms with Gasteiger partial charge in [-0.15, -0.1) is 0 Å². The molecule has 2 rings (SSSR count). The molecule has 1 heterocycles. The highest BCUT2D eigenvalue weighted by Crippen LogP contribution is 2.50. The number of hydrogen-bond donors (Lipinski definition) is 2. The lowest BCUT2D eigenvalue weighted by Gasteiger charge is -2.57. The molecule has 5 heteroatoms. The van der Waals surface area contributed by atoms with Crippen LogP contribution in [-0.4, -0.2) is 35.9 Å². The maximum absolute atomic E-state index is 11.8. The van der Waals surface area contributed by atoms with Gasteiger partial charge in [0.15, 0.2) is 5.76 Å². The molecule has 0 aliphatic heterocycles. The van der Waals surface area contributed by atoms with Crippen molar-refractivity contribution >= 4 is 5.91 Å². The maximum Gasteiger partial charge on any atom is 0.287 e. The van der Waals surface area contributed by atoms with Crippen LogP contribution in [0.15, 0.2) is 22.8 Å². The van der Waals surface area contributed by atoms with Gasteiger partial charge in [-0.2, -0.15) is 0 Å². The van der Waals surface area contributed by atoms with Crippen LogP contribution in [0.5, 0.6) is 0 Å². The smallest absolute Gasteiger partial charge is 0.287 e. The Kier molecular flexibility index (Phi) is 3.69. The lowest BCUT2D eigenvalue weighted by molar-refractivity contribution is -0.237. The molecule has 1 fully saturated rings. The Morgan fingerprint density at radius 1 is 1.63 bits per heavy atom. The van der Waals surface area contributed by atoms with Gasteiger partial charge in [0.05, 0.1) is 18.0 Å². The third-order valence-corrected chi connectivity index (χ3v) is 4.18. The first-order chi connectivity index (χ1) is 8.90. The van der Waals surface area contributed by atoms with Crippen molar-refractivity contribution in [3.8, 4) is 0 Å². The summed E-state index contributed by atoms with van der Waals surface area (Å²) in [6.07, 6.45) is 2.01. The molecule has 1 aliphatic rings. The van der Waals surface area contributed by atoms with Crippen LogP contribution >= 0.6 is 0 Å². The fourth-order valence-corrected chi connectivity index (χ4v) is 2.48. The standard InChI is InChI=1S/C14H21NO4/c1-4-18-11-8-14(17,13(11,2)3)9-15-12(16)10-6-5-7-19-10/h5-7,11,17H,4,8-9H2,1-3H3,(H,15,16)/t11-,14-/m1/s1. The van der Waals surface area contributed by atoms with Crippen LogP contribution in [0.1, 0.15) is 37.7 Å². The minimum Gasteiger partial charge on any atom is -0.459 e. The summed E-state index contributed by atoms with van der Waals surface area (Å²) >= 11 is 0. The third kappa shape index (κ3) is 2.40. The second-order valence-corrected chi connectivity index (χ2v) is 5.56. The lowest BCUT2D eigenvalue weighted by atomic mass is 9.56. The summed E-state index contributed by atoms with van der Waals surface area (Å²) in [6.45, 7) is 6.67. The molecule has 1 aliphatic carbocycles. The summed E-state index contributed by atoms with van der Waals surface area (Å²) < 4.78 is 10.6. The predicted molar refractivity (Wildman–Crippen MR) is 69.8 cm³/mol. The van der Waals surface area contributed by atoms with Crippen LogP contribution < -0.4 is 5.32 Å². The molecule has 1 aromatic rings. The highest BCUT2D eigenvalue weighted by atomic mass is 16.5. The van der Waals surface area contributed by atoms with Crippen molar-refractivity contribution in [3.05, 3.63) is 24.2 Å². The van der Waals surface area contributed by atoms with E-state index in [0.717, 1.165) is 0 Å². The maximum atomic E-state index is 11.8. The van der Waals surface area contributed by atoms with Gasteiger partial charge < -0.3 is 19.6 Å². The molecule has 0 spiro atoms. The number of furan rings is 1. The Morgan fingerprint density at radius 2 is 2.37 bits per heavy atom. The number of carbonyl (C=O) groups is 1. The normalized spacial score (nSPS) is 28.7. The highest BCUT2D eigenvalue weighted by molar-refractivity contribution is 5.91.